The van der Waals surface area contributed by atoms with Crippen molar-refractivity contribution in [3.05, 3.63) is 58.3 Å². The maximum Gasteiger partial charge on any atom is 0.144 e. The fourth-order valence-electron chi connectivity index (χ4n) is 1.37. The molecule has 2 aromatic carbocycles. The summed E-state index contributed by atoms with van der Waals surface area (Å²) in [5, 5.41) is 11.3. The summed E-state index contributed by atoms with van der Waals surface area (Å²) in [5.41, 5.74) is 0.739. The fraction of sp³-hybridized carbons (Fsp3) is 0. The molecule has 0 saturated carbocycles. The van der Waals surface area contributed by atoms with Crippen LogP contribution in [-0.4, -0.2) is 11.4 Å². The fourth-order valence-corrected chi connectivity index (χ4v) is 1.70. The van der Waals surface area contributed by atoms with Crippen LogP contribution in [0.1, 0.15) is 5.56 Å². The van der Waals surface area contributed by atoms with Crippen molar-refractivity contribution in [2.24, 2.45) is 5.16 Å². The van der Waals surface area contributed by atoms with E-state index in [1.54, 1.807) is 30.3 Å². The van der Waals surface area contributed by atoms with Crippen LogP contribution in [0.5, 0.6) is 11.5 Å². The summed E-state index contributed by atoms with van der Waals surface area (Å²) in [6.07, 6.45) is 1.31. The molecule has 0 aliphatic heterocycles. The van der Waals surface area contributed by atoms with Gasteiger partial charge in [-0.15, -0.1) is 0 Å². The molecule has 0 unspecified atom stereocenters. The zero-order valence-corrected chi connectivity index (χ0v) is 10.8. The molecule has 2 aromatic rings. The standard InChI is InChI=1S/C13H9BrFNO2/c14-12-6-3-10(15)7-13(12)18-11-4-1-9(2-5-11)8-16-17/h1-8,17H/b16-8+. The SMILES string of the molecule is O/N=C/c1ccc(Oc2cc(F)ccc2Br)cc1. The molecule has 0 amide bonds. The van der Waals surface area contributed by atoms with Crippen molar-refractivity contribution < 1.29 is 14.3 Å². The van der Waals surface area contributed by atoms with E-state index in [9.17, 15) is 4.39 Å². The van der Waals surface area contributed by atoms with Gasteiger partial charge in [0.2, 0.25) is 0 Å². The number of benzene rings is 2. The molecular weight excluding hydrogens is 301 g/mol. The second-order valence-electron chi connectivity index (χ2n) is 3.49. The minimum Gasteiger partial charge on any atom is -0.456 e. The maximum absolute atomic E-state index is 13.1. The van der Waals surface area contributed by atoms with Gasteiger partial charge in [-0.1, -0.05) is 5.16 Å². The van der Waals surface area contributed by atoms with Gasteiger partial charge in [0.25, 0.3) is 0 Å². The first-order chi connectivity index (χ1) is 8.69. The van der Waals surface area contributed by atoms with Crippen molar-refractivity contribution in [2.45, 2.75) is 0 Å². The first-order valence-corrected chi connectivity index (χ1v) is 5.89. The zero-order chi connectivity index (χ0) is 13.0. The van der Waals surface area contributed by atoms with Crippen LogP contribution in [0.4, 0.5) is 4.39 Å². The Morgan fingerprint density at radius 3 is 2.56 bits per heavy atom. The first-order valence-electron chi connectivity index (χ1n) is 5.09. The topological polar surface area (TPSA) is 41.8 Å². The summed E-state index contributed by atoms with van der Waals surface area (Å²) in [7, 11) is 0. The van der Waals surface area contributed by atoms with Gasteiger partial charge in [0.1, 0.15) is 17.3 Å². The smallest absolute Gasteiger partial charge is 0.144 e. The molecule has 1 N–H and O–H groups in total. The minimum atomic E-state index is -0.364. The van der Waals surface area contributed by atoms with E-state index in [0.29, 0.717) is 16.0 Å². The third-order valence-corrected chi connectivity index (χ3v) is 2.86. The molecule has 0 aliphatic rings. The van der Waals surface area contributed by atoms with E-state index in [0.717, 1.165) is 5.56 Å². The second kappa shape index (κ2) is 5.64. The van der Waals surface area contributed by atoms with Gasteiger partial charge < -0.3 is 9.94 Å². The van der Waals surface area contributed by atoms with Gasteiger partial charge in [-0.05, 0) is 57.9 Å². The van der Waals surface area contributed by atoms with Gasteiger partial charge in [-0.3, -0.25) is 0 Å². The summed E-state index contributed by atoms with van der Waals surface area (Å²) >= 11 is 3.28. The van der Waals surface area contributed by atoms with Crippen LogP contribution in [0, 0.1) is 5.82 Å². The third kappa shape index (κ3) is 3.07. The highest BCUT2D eigenvalue weighted by Crippen LogP contribution is 2.30. The van der Waals surface area contributed by atoms with Crippen molar-refractivity contribution in [2.75, 3.05) is 0 Å². The van der Waals surface area contributed by atoms with Gasteiger partial charge in [-0.25, -0.2) is 4.39 Å². The van der Waals surface area contributed by atoms with Crippen LogP contribution in [-0.2, 0) is 0 Å². The molecule has 0 atom stereocenters. The van der Waals surface area contributed by atoms with Crippen molar-refractivity contribution in [3.63, 3.8) is 0 Å². The lowest BCUT2D eigenvalue weighted by molar-refractivity contribution is 0.322. The van der Waals surface area contributed by atoms with Gasteiger partial charge in [0.15, 0.2) is 0 Å². The summed E-state index contributed by atoms with van der Waals surface area (Å²) in [5.74, 6) is 0.604. The lowest BCUT2D eigenvalue weighted by atomic mass is 10.2. The van der Waals surface area contributed by atoms with Crippen LogP contribution >= 0.6 is 15.9 Å². The van der Waals surface area contributed by atoms with Crippen LogP contribution in [0.25, 0.3) is 0 Å². The Bertz CT molecular complexity index is 570. The molecule has 0 fully saturated rings. The monoisotopic (exact) mass is 309 g/mol. The van der Waals surface area contributed by atoms with E-state index >= 15 is 0 Å². The summed E-state index contributed by atoms with van der Waals surface area (Å²) < 4.78 is 19.3. The quantitative estimate of drug-likeness (QED) is 0.525. The van der Waals surface area contributed by atoms with Crippen molar-refractivity contribution in [1.82, 2.24) is 0 Å². The van der Waals surface area contributed by atoms with Gasteiger partial charge in [0.05, 0.1) is 10.7 Å². The number of hydrogen-bond donors (Lipinski definition) is 1. The highest BCUT2D eigenvalue weighted by molar-refractivity contribution is 9.10. The van der Waals surface area contributed by atoms with E-state index in [2.05, 4.69) is 21.1 Å². The first kappa shape index (κ1) is 12.6. The molecule has 18 heavy (non-hydrogen) atoms. The zero-order valence-electron chi connectivity index (χ0n) is 9.18. The molecule has 5 heteroatoms. The Labute approximate surface area is 112 Å². The number of hydrogen-bond acceptors (Lipinski definition) is 3. The molecule has 0 saturated heterocycles. The highest BCUT2D eigenvalue weighted by Gasteiger charge is 2.04. The van der Waals surface area contributed by atoms with Crippen LogP contribution < -0.4 is 4.74 Å². The van der Waals surface area contributed by atoms with E-state index in [4.69, 9.17) is 9.94 Å². The lowest BCUT2D eigenvalue weighted by Gasteiger charge is -2.07. The number of rotatable bonds is 3. The van der Waals surface area contributed by atoms with Gasteiger partial charge >= 0.3 is 0 Å². The van der Waals surface area contributed by atoms with Crippen molar-refractivity contribution in [3.8, 4) is 11.5 Å². The molecule has 0 aromatic heterocycles. The molecule has 0 heterocycles. The van der Waals surface area contributed by atoms with Crippen molar-refractivity contribution >= 4 is 22.1 Å². The Balaban J connectivity index is 2.20. The highest BCUT2D eigenvalue weighted by atomic mass is 79.9. The molecule has 0 bridgehead atoms. The average Bonchev–Trinajstić information content (AvgIpc) is 2.37. The normalized spacial score (nSPS) is 10.8. The summed E-state index contributed by atoms with van der Waals surface area (Å²) in [4.78, 5) is 0. The Morgan fingerprint density at radius 1 is 1.17 bits per heavy atom. The van der Waals surface area contributed by atoms with Gasteiger partial charge in [-0.2, -0.15) is 0 Å². The van der Waals surface area contributed by atoms with E-state index in [1.807, 2.05) is 0 Å². The van der Waals surface area contributed by atoms with Crippen molar-refractivity contribution in [1.29, 1.82) is 0 Å². The Kier molecular flexibility index (Phi) is 3.94. The van der Waals surface area contributed by atoms with Crippen LogP contribution in [0.2, 0.25) is 0 Å². The number of halogens is 2. The molecule has 0 spiro atoms. The predicted molar refractivity (Wildman–Crippen MR) is 70.0 cm³/mol. The molecule has 3 nitrogen and oxygen atoms in total. The molecule has 2 rings (SSSR count). The predicted octanol–water partition coefficient (Wildman–Crippen LogP) is 4.19. The molecule has 0 aliphatic carbocycles. The average molecular weight is 310 g/mol. The molecular formula is C13H9BrFNO2. The number of ether oxygens (including phenoxy) is 1. The summed E-state index contributed by atoms with van der Waals surface area (Å²) in [6, 6.07) is 11.1. The van der Waals surface area contributed by atoms with Gasteiger partial charge in [0, 0.05) is 6.07 Å². The van der Waals surface area contributed by atoms with E-state index in [1.165, 1.54) is 18.3 Å². The van der Waals surface area contributed by atoms with Crippen LogP contribution in [0.15, 0.2) is 52.1 Å². The number of oxime groups is 1. The maximum atomic E-state index is 13.1. The number of nitrogens with zero attached hydrogens (tertiary/aromatic N) is 1. The molecule has 0 radical (unpaired) electrons. The minimum absolute atomic E-state index is 0.364. The Morgan fingerprint density at radius 2 is 1.89 bits per heavy atom. The van der Waals surface area contributed by atoms with E-state index in [-0.39, 0.29) is 5.82 Å². The summed E-state index contributed by atoms with van der Waals surface area (Å²) in [6.45, 7) is 0. The lowest BCUT2D eigenvalue weighted by Crippen LogP contribution is -1.88. The van der Waals surface area contributed by atoms with Crippen LogP contribution in [0.3, 0.4) is 0 Å². The largest absolute Gasteiger partial charge is 0.456 e. The Hall–Kier alpha value is -1.88. The molecule has 92 valence electrons. The van der Waals surface area contributed by atoms with E-state index < -0.39 is 0 Å². The third-order valence-electron chi connectivity index (χ3n) is 2.21. The second-order valence-corrected chi connectivity index (χ2v) is 4.34.